The molecule has 1 rings (SSSR count). The van der Waals surface area contributed by atoms with Crippen molar-refractivity contribution < 1.29 is 0 Å². The molecular weight excluding hydrogens is 146 g/mol. The Morgan fingerprint density at radius 2 is 2.18 bits per heavy atom. The summed E-state index contributed by atoms with van der Waals surface area (Å²) >= 11 is 0. The van der Waals surface area contributed by atoms with Crippen LogP contribution in [0.3, 0.4) is 0 Å². The lowest BCUT2D eigenvalue weighted by atomic mass is 10.6. The minimum absolute atomic E-state index is 0.217. The molecule has 6 heteroatoms. The van der Waals surface area contributed by atoms with Gasteiger partial charge in [0.2, 0.25) is 0 Å². The number of nitrogens with one attached hydrogen (secondary N) is 1. The molecule has 0 saturated carbocycles. The van der Waals surface area contributed by atoms with Gasteiger partial charge in [0.05, 0.1) is 0 Å². The Bertz CT molecular complexity index is 304. The molecule has 0 aliphatic heterocycles. The van der Waals surface area contributed by atoms with Crippen LogP contribution in [0.4, 0.5) is 11.6 Å². The minimum Gasteiger partial charge on any atom is -0.379 e. The zero-order chi connectivity index (χ0) is 8.43. The van der Waals surface area contributed by atoms with Gasteiger partial charge in [-0.15, -0.1) is 5.10 Å². The van der Waals surface area contributed by atoms with Gasteiger partial charge in [-0.25, -0.2) is 9.89 Å². The molecule has 0 amide bonds. The number of H-pyrrole nitrogens is 1. The molecule has 60 valence electrons. The molecule has 1 aromatic rings. The molecule has 0 radical (unpaired) electrons. The van der Waals surface area contributed by atoms with E-state index in [0.29, 0.717) is 5.82 Å². The standard InChI is InChI=1S/C5H9N5O/c1-10(2)4-3(6)8-9-5(11)7-4/h1-2H3,(H2,6,8)(H,7,9,11). The molecule has 1 aromatic heterocycles. The van der Waals surface area contributed by atoms with Crippen LogP contribution in [-0.2, 0) is 0 Å². The Kier molecular flexibility index (Phi) is 1.75. The fourth-order valence-corrected chi connectivity index (χ4v) is 0.666. The number of rotatable bonds is 1. The van der Waals surface area contributed by atoms with Gasteiger partial charge in [-0.3, -0.25) is 0 Å². The van der Waals surface area contributed by atoms with E-state index in [1.807, 2.05) is 0 Å². The van der Waals surface area contributed by atoms with E-state index in [9.17, 15) is 4.79 Å². The normalized spacial score (nSPS) is 9.64. The molecule has 3 N–H and O–H groups in total. The maximum Gasteiger partial charge on any atom is 0.363 e. The summed E-state index contributed by atoms with van der Waals surface area (Å²) in [6.45, 7) is 0. The van der Waals surface area contributed by atoms with Crippen molar-refractivity contribution in [2.45, 2.75) is 0 Å². The third-order valence-corrected chi connectivity index (χ3v) is 1.13. The first-order valence-corrected chi connectivity index (χ1v) is 3.01. The number of nitrogen functional groups attached to an aromatic ring is 1. The second-order valence-electron chi connectivity index (χ2n) is 2.24. The molecule has 0 atom stereocenters. The number of anilines is 2. The zero-order valence-corrected chi connectivity index (χ0v) is 6.33. The largest absolute Gasteiger partial charge is 0.379 e. The highest BCUT2D eigenvalue weighted by Gasteiger charge is 2.03. The van der Waals surface area contributed by atoms with Gasteiger partial charge in [-0.1, -0.05) is 0 Å². The Labute approximate surface area is 63.0 Å². The van der Waals surface area contributed by atoms with Crippen LogP contribution in [0, 0.1) is 0 Å². The van der Waals surface area contributed by atoms with Gasteiger partial charge in [-0.2, -0.15) is 4.98 Å². The number of nitrogens with zero attached hydrogens (tertiary/aromatic N) is 3. The maximum absolute atomic E-state index is 10.6. The Morgan fingerprint density at radius 1 is 1.55 bits per heavy atom. The molecule has 0 fully saturated rings. The Balaban J connectivity index is 3.23. The number of hydrogen-bond donors (Lipinski definition) is 2. The van der Waals surface area contributed by atoms with E-state index in [1.54, 1.807) is 19.0 Å². The number of hydrogen-bond acceptors (Lipinski definition) is 5. The molecule has 1 heterocycles. The van der Waals surface area contributed by atoms with Gasteiger partial charge in [0.15, 0.2) is 11.6 Å². The lowest BCUT2D eigenvalue weighted by Gasteiger charge is -2.10. The van der Waals surface area contributed by atoms with Gasteiger partial charge in [0.25, 0.3) is 0 Å². The van der Waals surface area contributed by atoms with Gasteiger partial charge in [0, 0.05) is 14.1 Å². The van der Waals surface area contributed by atoms with Crippen LogP contribution in [0.5, 0.6) is 0 Å². The van der Waals surface area contributed by atoms with E-state index in [-0.39, 0.29) is 5.82 Å². The van der Waals surface area contributed by atoms with E-state index in [1.165, 1.54) is 0 Å². The molecule has 11 heavy (non-hydrogen) atoms. The summed E-state index contributed by atoms with van der Waals surface area (Å²) in [5.74, 6) is 0.600. The lowest BCUT2D eigenvalue weighted by Crippen LogP contribution is -2.21. The summed E-state index contributed by atoms with van der Waals surface area (Å²) in [6, 6.07) is 0. The lowest BCUT2D eigenvalue weighted by molar-refractivity contribution is 0.899. The molecular formula is C5H9N5O. The summed E-state index contributed by atoms with van der Waals surface area (Å²) in [5, 5.41) is 5.66. The Morgan fingerprint density at radius 3 is 2.64 bits per heavy atom. The molecule has 0 saturated heterocycles. The molecule has 0 spiro atoms. The monoisotopic (exact) mass is 155 g/mol. The fourth-order valence-electron chi connectivity index (χ4n) is 0.666. The van der Waals surface area contributed by atoms with Crippen LogP contribution in [0.1, 0.15) is 0 Å². The van der Waals surface area contributed by atoms with Crippen molar-refractivity contribution in [2.75, 3.05) is 24.7 Å². The first-order chi connectivity index (χ1) is 5.11. The van der Waals surface area contributed by atoms with Gasteiger partial charge >= 0.3 is 5.69 Å². The van der Waals surface area contributed by atoms with Crippen molar-refractivity contribution in [1.82, 2.24) is 15.2 Å². The molecule has 0 bridgehead atoms. The average molecular weight is 155 g/mol. The van der Waals surface area contributed by atoms with E-state index < -0.39 is 5.69 Å². The van der Waals surface area contributed by atoms with E-state index in [2.05, 4.69) is 15.2 Å². The van der Waals surface area contributed by atoms with E-state index in [0.717, 1.165) is 0 Å². The first-order valence-electron chi connectivity index (χ1n) is 3.01. The van der Waals surface area contributed by atoms with Crippen LogP contribution < -0.4 is 16.3 Å². The molecule has 0 aliphatic rings. The van der Waals surface area contributed by atoms with Crippen LogP contribution >= 0.6 is 0 Å². The summed E-state index contributed by atoms with van der Waals surface area (Å²) in [5.41, 5.74) is 4.91. The SMILES string of the molecule is CN(C)c1nc(=O)[nH]nc1N. The fraction of sp³-hybridized carbons (Fsp3) is 0.400. The van der Waals surface area contributed by atoms with Crippen LogP contribution in [0.2, 0.25) is 0 Å². The molecule has 0 aliphatic carbocycles. The Hall–Kier alpha value is -1.59. The van der Waals surface area contributed by atoms with Crippen LogP contribution in [0.25, 0.3) is 0 Å². The maximum atomic E-state index is 10.6. The predicted octanol–water partition coefficient (Wildman–Crippen LogP) is -1.19. The molecule has 0 aromatic carbocycles. The third kappa shape index (κ3) is 1.46. The second-order valence-corrected chi connectivity index (χ2v) is 2.24. The third-order valence-electron chi connectivity index (χ3n) is 1.13. The second kappa shape index (κ2) is 2.57. The number of aromatic amines is 1. The highest BCUT2D eigenvalue weighted by molar-refractivity contribution is 5.55. The minimum atomic E-state index is -0.497. The van der Waals surface area contributed by atoms with E-state index in [4.69, 9.17) is 5.73 Å². The van der Waals surface area contributed by atoms with Crippen LogP contribution in [0.15, 0.2) is 4.79 Å². The van der Waals surface area contributed by atoms with Crippen molar-refractivity contribution in [3.8, 4) is 0 Å². The topological polar surface area (TPSA) is 87.9 Å². The van der Waals surface area contributed by atoms with Gasteiger partial charge < -0.3 is 10.6 Å². The zero-order valence-electron chi connectivity index (χ0n) is 6.33. The highest BCUT2D eigenvalue weighted by Crippen LogP contribution is 2.09. The van der Waals surface area contributed by atoms with Crippen LogP contribution in [-0.4, -0.2) is 29.3 Å². The van der Waals surface area contributed by atoms with Gasteiger partial charge in [-0.05, 0) is 0 Å². The number of aromatic nitrogens is 3. The highest BCUT2D eigenvalue weighted by atomic mass is 16.1. The molecule has 6 nitrogen and oxygen atoms in total. The quantitative estimate of drug-likeness (QED) is 0.532. The summed E-state index contributed by atoms with van der Waals surface area (Å²) < 4.78 is 0. The number of nitrogens with two attached hydrogens (primary N) is 1. The first kappa shape index (κ1) is 7.52. The predicted molar refractivity (Wildman–Crippen MR) is 41.4 cm³/mol. The summed E-state index contributed by atoms with van der Waals surface area (Å²) in [4.78, 5) is 15.9. The van der Waals surface area contributed by atoms with Gasteiger partial charge in [0.1, 0.15) is 0 Å². The van der Waals surface area contributed by atoms with Crippen molar-refractivity contribution >= 4 is 11.6 Å². The van der Waals surface area contributed by atoms with E-state index >= 15 is 0 Å². The van der Waals surface area contributed by atoms with Crippen molar-refractivity contribution in [1.29, 1.82) is 0 Å². The van der Waals surface area contributed by atoms with Crippen molar-refractivity contribution in [2.24, 2.45) is 0 Å². The smallest absolute Gasteiger partial charge is 0.363 e. The molecule has 0 unspecified atom stereocenters. The van der Waals surface area contributed by atoms with Crippen molar-refractivity contribution in [3.05, 3.63) is 10.5 Å². The summed E-state index contributed by atoms with van der Waals surface area (Å²) in [7, 11) is 3.47. The van der Waals surface area contributed by atoms with Crippen molar-refractivity contribution in [3.63, 3.8) is 0 Å². The average Bonchev–Trinajstić information content (AvgIpc) is 1.94. The summed E-state index contributed by atoms with van der Waals surface area (Å²) in [6.07, 6.45) is 0.